The zero-order valence-electron chi connectivity index (χ0n) is 20.5. The number of hydrogen-bond acceptors (Lipinski definition) is 7. The van der Waals surface area contributed by atoms with Crippen LogP contribution in [0.5, 0.6) is 0 Å². The van der Waals surface area contributed by atoms with Crippen LogP contribution in [-0.4, -0.2) is 71.2 Å². The van der Waals surface area contributed by atoms with Crippen LogP contribution < -0.4 is 0 Å². The second-order valence-corrected chi connectivity index (χ2v) is 11.3. The van der Waals surface area contributed by atoms with Crippen molar-refractivity contribution in [2.45, 2.75) is 19.4 Å². The molecule has 2 aromatic carbocycles. The van der Waals surface area contributed by atoms with E-state index in [0.29, 0.717) is 28.8 Å². The van der Waals surface area contributed by atoms with Crippen molar-refractivity contribution in [2.24, 2.45) is 0 Å². The molecule has 1 aliphatic rings. The second-order valence-electron chi connectivity index (χ2n) is 9.09. The number of sulfone groups is 1. The van der Waals surface area contributed by atoms with Gasteiger partial charge in [0, 0.05) is 18.7 Å². The van der Waals surface area contributed by atoms with Crippen LogP contribution in [0.3, 0.4) is 0 Å². The number of aromatic nitrogens is 3. The van der Waals surface area contributed by atoms with Gasteiger partial charge in [-0.1, -0.05) is 48.5 Å². The number of pyridine rings is 1. The number of carbonyl (C=O) groups is 2. The molecule has 0 aliphatic carbocycles. The van der Waals surface area contributed by atoms with E-state index in [1.54, 1.807) is 17.7 Å². The van der Waals surface area contributed by atoms with E-state index in [2.05, 4.69) is 5.10 Å². The quantitative estimate of drug-likeness (QED) is 0.360. The Balaban J connectivity index is 1.49. The minimum Gasteiger partial charge on any atom is -0.452 e. The summed E-state index contributed by atoms with van der Waals surface area (Å²) in [6.45, 7) is 1.30. The Morgan fingerprint density at radius 1 is 1.08 bits per heavy atom. The van der Waals surface area contributed by atoms with Crippen LogP contribution in [0.25, 0.3) is 28.0 Å². The molecule has 0 radical (unpaired) electrons. The molecule has 0 N–H and O–H groups in total. The number of fused-ring (bicyclic) bond motifs is 1. The van der Waals surface area contributed by atoms with Crippen molar-refractivity contribution in [1.29, 1.82) is 0 Å². The van der Waals surface area contributed by atoms with Crippen LogP contribution in [0.1, 0.15) is 22.5 Å². The number of esters is 1. The molecule has 1 fully saturated rings. The highest BCUT2D eigenvalue weighted by Crippen LogP contribution is 2.29. The maximum absolute atomic E-state index is 13.3. The van der Waals surface area contributed by atoms with E-state index in [1.807, 2.05) is 60.7 Å². The lowest BCUT2D eigenvalue weighted by Crippen LogP contribution is -2.40. The van der Waals surface area contributed by atoms with Crippen LogP contribution in [0.2, 0.25) is 0 Å². The molecule has 1 atom stereocenters. The Morgan fingerprint density at radius 2 is 1.76 bits per heavy atom. The summed E-state index contributed by atoms with van der Waals surface area (Å²) in [7, 11) is -1.61. The molecule has 1 aliphatic heterocycles. The number of likely N-dealkylation sites (N-methyl/N-ethyl adjacent to an activating group) is 1. The van der Waals surface area contributed by atoms with E-state index in [-0.39, 0.29) is 17.1 Å². The Labute approximate surface area is 214 Å². The van der Waals surface area contributed by atoms with Crippen molar-refractivity contribution in [1.82, 2.24) is 19.7 Å². The second kappa shape index (κ2) is 9.78. The maximum atomic E-state index is 13.3. The first-order chi connectivity index (χ1) is 17.7. The summed E-state index contributed by atoms with van der Waals surface area (Å²) in [4.78, 5) is 32.2. The SMILES string of the molecule is Cc1nn(-c2ccccc2)c2nc(-c3ccccc3)cc(C(=O)OCC(=O)N(C)[C@@H]3CCS(=O)(=O)C3)c12. The van der Waals surface area contributed by atoms with Crippen molar-refractivity contribution in [3.63, 3.8) is 0 Å². The number of rotatable bonds is 6. The monoisotopic (exact) mass is 518 g/mol. The molecule has 4 aromatic rings. The predicted molar refractivity (Wildman–Crippen MR) is 139 cm³/mol. The summed E-state index contributed by atoms with van der Waals surface area (Å²) in [6, 6.07) is 20.2. The minimum absolute atomic E-state index is 0.0526. The molecule has 0 spiro atoms. The summed E-state index contributed by atoms with van der Waals surface area (Å²) in [5.41, 5.74) is 3.52. The van der Waals surface area contributed by atoms with Gasteiger partial charge in [0.25, 0.3) is 5.91 Å². The smallest absolute Gasteiger partial charge is 0.339 e. The van der Waals surface area contributed by atoms with E-state index in [9.17, 15) is 18.0 Å². The summed E-state index contributed by atoms with van der Waals surface area (Å²) in [5.74, 6) is -1.16. The van der Waals surface area contributed by atoms with E-state index < -0.39 is 34.4 Å². The van der Waals surface area contributed by atoms with Gasteiger partial charge >= 0.3 is 5.97 Å². The van der Waals surface area contributed by atoms with Gasteiger partial charge in [-0.05, 0) is 31.5 Å². The third-order valence-electron chi connectivity index (χ3n) is 6.58. The van der Waals surface area contributed by atoms with E-state index in [1.165, 1.54) is 11.9 Å². The third-order valence-corrected chi connectivity index (χ3v) is 8.33. The van der Waals surface area contributed by atoms with Crippen molar-refractivity contribution in [3.8, 4) is 16.9 Å². The standard InChI is InChI=1S/C27H26N4O5S/c1-18-25-22(27(33)36-16-24(32)30(2)21-13-14-37(34,35)17-21)15-23(19-9-5-3-6-10-19)28-26(25)31(29-18)20-11-7-4-8-12-20/h3-12,15,21H,13-14,16-17H2,1-2H3/t21-/m1/s1. The van der Waals surface area contributed by atoms with Crippen molar-refractivity contribution < 1.29 is 22.7 Å². The average molecular weight is 519 g/mol. The van der Waals surface area contributed by atoms with Crippen molar-refractivity contribution in [3.05, 3.63) is 78.0 Å². The highest BCUT2D eigenvalue weighted by atomic mass is 32.2. The highest BCUT2D eigenvalue weighted by molar-refractivity contribution is 7.91. The fourth-order valence-electron chi connectivity index (χ4n) is 4.55. The fourth-order valence-corrected chi connectivity index (χ4v) is 6.32. The molecule has 9 nitrogen and oxygen atoms in total. The van der Waals surface area contributed by atoms with Gasteiger partial charge in [0.15, 0.2) is 22.1 Å². The number of amides is 1. The average Bonchev–Trinajstić information content (AvgIpc) is 3.45. The first-order valence-electron chi connectivity index (χ1n) is 11.9. The summed E-state index contributed by atoms with van der Waals surface area (Å²) >= 11 is 0. The maximum Gasteiger partial charge on any atom is 0.339 e. The van der Waals surface area contributed by atoms with Crippen LogP contribution in [-0.2, 0) is 19.4 Å². The summed E-state index contributed by atoms with van der Waals surface area (Å²) in [6.07, 6.45) is 0.377. The lowest BCUT2D eigenvalue weighted by molar-refractivity contribution is -0.134. The lowest BCUT2D eigenvalue weighted by atomic mass is 10.1. The van der Waals surface area contributed by atoms with Gasteiger partial charge < -0.3 is 9.64 Å². The predicted octanol–water partition coefficient (Wildman–Crippen LogP) is 3.20. The third kappa shape index (κ3) is 4.97. The van der Waals surface area contributed by atoms with E-state index >= 15 is 0 Å². The molecule has 1 saturated heterocycles. The highest BCUT2D eigenvalue weighted by Gasteiger charge is 2.33. The number of carbonyl (C=O) groups excluding carboxylic acids is 2. The van der Waals surface area contributed by atoms with Crippen molar-refractivity contribution >= 4 is 32.7 Å². The molecule has 10 heteroatoms. The Kier molecular flexibility index (Phi) is 6.51. The van der Waals surface area contributed by atoms with Crippen LogP contribution in [0, 0.1) is 6.92 Å². The molecular weight excluding hydrogens is 492 g/mol. The lowest BCUT2D eigenvalue weighted by Gasteiger charge is -2.23. The molecule has 1 amide bonds. The largest absolute Gasteiger partial charge is 0.452 e. The number of benzene rings is 2. The molecule has 190 valence electrons. The number of aryl methyl sites for hydroxylation is 1. The first kappa shape index (κ1) is 24.6. The molecule has 2 aromatic heterocycles. The van der Waals surface area contributed by atoms with E-state index in [0.717, 1.165) is 11.3 Å². The molecule has 3 heterocycles. The van der Waals surface area contributed by atoms with Gasteiger partial charge in [0.1, 0.15) is 0 Å². The normalized spacial score (nSPS) is 16.5. The minimum atomic E-state index is -3.15. The van der Waals surface area contributed by atoms with Gasteiger partial charge in [-0.25, -0.2) is 22.9 Å². The Morgan fingerprint density at radius 3 is 2.41 bits per heavy atom. The van der Waals surface area contributed by atoms with E-state index in [4.69, 9.17) is 9.72 Å². The molecule has 37 heavy (non-hydrogen) atoms. The fraction of sp³-hybridized carbons (Fsp3) is 0.259. The van der Waals surface area contributed by atoms with Crippen LogP contribution >= 0.6 is 0 Å². The zero-order chi connectivity index (χ0) is 26.2. The van der Waals surface area contributed by atoms with Crippen LogP contribution in [0.15, 0.2) is 66.7 Å². The number of nitrogens with zero attached hydrogens (tertiary/aromatic N) is 4. The zero-order valence-corrected chi connectivity index (χ0v) is 21.3. The molecule has 0 saturated carbocycles. The Hall–Kier alpha value is -4.05. The first-order valence-corrected chi connectivity index (χ1v) is 13.7. The van der Waals surface area contributed by atoms with Gasteiger partial charge in [0.2, 0.25) is 0 Å². The summed E-state index contributed by atoms with van der Waals surface area (Å²) < 4.78 is 30.7. The van der Waals surface area contributed by atoms with Gasteiger partial charge in [-0.3, -0.25) is 4.79 Å². The summed E-state index contributed by atoms with van der Waals surface area (Å²) in [5, 5.41) is 5.18. The van der Waals surface area contributed by atoms with Crippen LogP contribution in [0.4, 0.5) is 0 Å². The van der Waals surface area contributed by atoms with Gasteiger partial charge in [-0.2, -0.15) is 5.10 Å². The van der Waals surface area contributed by atoms with Crippen molar-refractivity contribution in [2.75, 3.05) is 25.2 Å². The molecular formula is C27H26N4O5S. The number of para-hydroxylation sites is 1. The molecule has 0 bridgehead atoms. The van der Waals surface area contributed by atoms with Gasteiger partial charge in [-0.15, -0.1) is 0 Å². The number of ether oxygens (including phenoxy) is 1. The Bertz CT molecular complexity index is 1580. The molecule has 5 rings (SSSR count). The number of hydrogen-bond donors (Lipinski definition) is 0. The topological polar surface area (TPSA) is 111 Å². The molecule has 0 unspecified atom stereocenters. The van der Waals surface area contributed by atoms with Gasteiger partial charge in [0.05, 0.1) is 39.5 Å².